The van der Waals surface area contributed by atoms with Crippen molar-refractivity contribution < 1.29 is 0 Å². The zero-order valence-corrected chi connectivity index (χ0v) is 15.2. The lowest BCUT2D eigenvalue weighted by atomic mass is 9.96. The summed E-state index contributed by atoms with van der Waals surface area (Å²) >= 11 is 0. The van der Waals surface area contributed by atoms with Gasteiger partial charge in [0.1, 0.15) is 0 Å². The van der Waals surface area contributed by atoms with Crippen LogP contribution in [0.25, 0.3) is 0 Å². The Balaban J connectivity index is 0. The number of hydrogen-bond acceptors (Lipinski definition) is 1. The molecule has 19 heavy (non-hydrogen) atoms. The Bertz CT molecular complexity index is 190. The van der Waals surface area contributed by atoms with E-state index in [4.69, 9.17) is 0 Å². The predicted octanol–water partition coefficient (Wildman–Crippen LogP) is 6.04. The van der Waals surface area contributed by atoms with Crippen LogP contribution >= 0.6 is 17.0 Å². The third kappa shape index (κ3) is 16.1. The first-order valence-corrected chi connectivity index (χ1v) is 7.98. The van der Waals surface area contributed by atoms with Crippen LogP contribution in [-0.2, 0) is 0 Å². The van der Waals surface area contributed by atoms with Crippen LogP contribution in [0.3, 0.4) is 0 Å². The largest absolute Gasteiger partial charge is 0.308 e. The van der Waals surface area contributed by atoms with Crippen LogP contribution in [0.5, 0.6) is 0 Å². The normalized spacial score (nSPS) is 11.1. The fourth-order valence-electron chi connectivity index (χ4n) is 2.31. The fourth-order valence-corrected chi connectivity index (χ4v) is 2.31. The first kappa shape index (κ1) is 21.5. The molecule has 0 aromatic heterocycles. The molecule has 0 radical (unpaired) electrons. The molecule has 0 aromatic rings. The molecule has 0 aliphatic rings. The maximum absolute atomic E-state index is 3.75. The molecule has 0 rings (SSSR count). The molecule has 116 valence electrons. The minimum absolute atomic E-state index is 0. The van der Waals surface area contributed by atoms with E-state index in [9.17, 15) is 0 Å². The van der Waals surface area contributed by atoms with Crippen LogP contribution in [0, 0.1) is 0 Å². The zero-order valence-electron chi connectivity index (χ0n) is 13.5. The topological polar surface area (TPSA) is 12.0 Å². The van der Waals surface area contributed by atoms with Crippen LogP contribution in [0.2, 0.25) is 0 Å². The number of unbranched alkanes of at least 4 members (excludes halogenated alkanes) is 8. The van der Waals surface area contributed by atoms with Gasteiger partial charge in [0.15, 0.2) is 0 Å². The van der Waals surface area contributed by atoms with Crippen LogP contribution in [0.4, 0.5) is 0 Å². The van der Waals surface area contributed by atoms with Gasteiger partial charge in [0.2, 0.25) is 0 Å². The average Bonchev–Trinajstić information content (AvgIpc) is 2.34. The van der Waals surface area contributed by atoms with Gasteiger partial charge >= 0.3 is 0 Å². The van der Waals surface area contributed by atoms with E-state index in [1.165, 1.54) is 64.2 Å². The van der Waals surface area contributed by atoms with E-state index >= 15 is 0 Å². The summed E-state index contributed by atoms with van der Waals surface area (Å²) in [5, 5.41) is 3.52. The summed E-state index contributed by atoms with van der Waals surface area (Å²) in [6.07, 6.45) is 15.9. The molecule has 1 nitrogen and oxygen atoms in total. The Hall–Kier alpha value is 0.180. The van der Waals surface area contributed by atoms with Gasteiger partial charge in [-0.25, -0.2) is 0 Å². The highest BCUT2D eigenvalue weighted by molar-refractivity contribution is 8.93. The van der Waals surface area contributed by atoms with Crippen molar-refractivity contribution in [1.29, 1.82) is 0 Å². The molecule has 0 amide bonds. The minimum Gasteiger partial charge on any atom is -0.308 e. The van der Waals surface area contributed by atoms with Gasteiger partial charge in [-0.1, -0.05) is 70.8 Å². The summed E-state index contributed by atoms with van der Waals surface area (Å²) in [6.45, 7) is 11.5. The second-order valence-electron chi connectivity index (χ2n) is 6.13. The van der Waals surface area contributed by atoms with E-state index in [0.717, 1.165) is 6.54 Å². The summed E-state index contributed by atoms with van der Waals surface area (Å²) in [6, 6.07) is 0. The van der Waals surface area contributed by atoms with E-state index in [0.29, 0.717) is 0 Å². The lowest BCUT2D eigenvalue weighted by Crippen LogP contribution is -2.39. The standard InChI is InChI=1S/C17H35N.BrH/c1-5-7-8-9-10-11-12-13-14-15-17(3,4)18-16-6-2;/h6,18H,2,5,7-16H2,1,3-4H3;1H. The summed E-state index contributed by atoms with van der Waals surface area (Å²) in [4.78, 5) is 0. The fraction of sp³-hybridized carbons (Fsp3) is 0.882. The van der Waals surface area contributed by atoms with E-state index < -0.39 is 0 Å². The van der Waals surface area contributed by atoms with Gasteiger partial charge in [0, 0.05) is 12.1 Å². The van der Waals surface area contributed by atoms with E-state index in [2.05, 4.69) is 32.7 Å². The Morgan fingerprint density at radius 3 is 1.84 bits per heavy atom. The van der Waals surface area contributed by atoms with Crippen LogP contribution < -0.4 is 5.32 Å². The molecular weight excluding hydrogens is 298 g/mol. The molecule has 0 saturated carbocycles. The van der Waals surface area contributed by atoms with Crippen molar-refractivity contribution in [2.75, 3.05) is 6.54 Å². The van der Waals surface area contributed by atoms with Crippen molar-refractivity contribution in [3.05, 3.63) is 12.7 Å². The zero-order chi connectivity index (χ0) is 13.7. The quantitative estimate of drug-likeness (QED) is 0.320. The molecule has 0 aliphatic carbocycles. The molecular formula is C17H36BrN. The monoisotopic (exact) mass is 333 g/mol. The summed E-state index contributed by atoms with van der Waals surface area (Å²) in [5.74, 6) is 0. The minimum atomic E-state index is 0. The molecule has 0 bridgehead atoms. The maximum Gasteiger partial charge on any atom is 0.0137 e. The number of rotatable bonds is 13. The van der Waals surface area contributed by atoms with Gasteiger partial charge in [-0.15, -0.1) is 23.6 Å². The lowest BCUT2D eigenvalue weighted by Gasteiger charge is -2.25. The Labute approximate surface area is 132 Å². The van der Waals surface area contributed by atoms with Crippen LogP contribution in [0.1, 0.15) is 85.0 Å². The molecule has 0 atom stereocenters. The van der Waals surface area contributed by atoms with Crippen LogP contribution in [-0.4, -0.2) is 12.1 Å². The molecule has 0 heterocycles. The second kappa shape index (κ2) is 14.6. The van der Waals surface area contributed by atoms with Crippen molar-refractivity contribution in [2.45, 2.75) is 90.5 Å². The van der Waals surface area contributed by atoms with Gasteiger partial charge in [-0.2, -0.15) is 0 Å². The number of hydrogen-bond donors (Lipinski definition) is 1. The Morgan fingerprint density at radius 1 is 0.895 bits per heavy atom. The van der Waals surface area contributed by atoms with E-state index in [1.54, 1.807) is 0 Å². The van der Waals surface area contributed by atoms with Crippen molar-refractivity contribution in [1.82, 2.24) is 5.32 Å². The van der Waals surface area contributed by atoms with Crippen molar-refractivity contribution >= 4 is 17.0 Å². The molecule has 0 aliphatic heterocycles. The molecule has 0 spiro atoms. The van der Waals surface area contributed by atoms with Gasteiger partial charge in [-0.05, 0) is 20.3 Å². The summed E-state index contributed by atoms with van der Waals surface area (Å²) in [5.41, 5.74) is 0.273. The number of halogens is 1. The summed E-state index contributed by atoms with van der Waals surface area (Å²) in [7, 11) is 0. The molecule has 0 fully saturated rings. The van der Waals surface area contributed by atoms with E-state index in [1.807, 2.05) is 6.08 Å². The maximum atomic E-state index is 3.75. The molecule has 1 N–H and O–H groups in total. The summed E-state index contributed by atoms with van der Waals surface area (Å²) < 4.78 is 0. The highest BCUT2D eigenvalue weighted by atomic mass is 79.9. The first-order valence-electron chi connectivity index (χ1n) is 7.98. The average molecular weight is 334 g/mol. The van der Waals surface area contributed by atoms with Crippen molar-refractivity contribution in [3.8, 4) is 0 Å². The Kier molecular flexibility index (Phi) is 16.5. The molecule has 0 aromatic carbocycles. The lowest BCUT2D eigenvalue weighted by molar-refractivity contribution is 0.361. The second-order valence-corrected chi connectivity index (χ2v) is 6.13. The molecule has 0 saturated heterocycles. The highest BCUT2D eigenvalue weighted by Crippen LogP contribution is 2.16. The van der Waals surface area contributed by atoms with Gasteiger partial charge in [-0.3, -0.25) is 0 Å². The SMILES string of the molecule is Br.C=CCNC(C)(C)CCCCCCCCCCC. The van der Waals surface area contributed by atoms with Gasteiger partial charge in [0.25, 0.3) is 0 Å². The molecule has 0 unspecified atom stereocenters. The molecule has 2 heteroatoms. The van der Waals surface area contributed by atoms with Gasteiger partial charge < -0.3 is 5.32 Å². The predicted molar refractivity (Wildman–Crippen MR) is 94.4 cm³/mol. The number of nitrogens with one attached hydrogen (secondary N) is 1. The Morgan fingerprint density at radius 2 is 1.37 bits per heavy atom. The van der Waals surface area contributed by atoms with Crippen molar-refractivity contribution in [3.63, 3.8) is 0 Å². The van der Waals surface area contributed by atoms with Crippen LogP contribution in [0.15, 0.2) is 12.7 Å². The third-order valence-corrected chi connectivity index (χ3v) is 3.63. The first-order chi connectivity index (χ1) is 8.62. The van der Waals surface area contributed by atoms with Gasteiger partial charge in [0.05, 0.1) is 0 Å². The van der Waals surface area contributed by atoms with E-state index in [-0.39, 0.29) is 22.5 Å². The highest BCUT2D eigenvalue weighted by Gasteiger charge is 2.14. The smallest absolute Gasteiger partial charge is 0.0137 e. The van der Waals surface area contributed by atoms with Crippen molar-refractivity contribution in [2.24, 2.45) is 0 Å². The third-order valence-electron chi connectivity index (χ3n) is 3.63.